The largest absolute Gasteiger partial charge is 0.494 e. The van der Waals surface area contributed by atoms with Crippen LogP contribution < -0.4 is 26.0 Å². The summed E-state index contributed by atoms with van der Waals surface area (Å²) >= 11 is 0. The van der Waals surface area contributed by atoms with E-state index in [9.17, 15) is 9.59 Å². The molecular formula is C18H21N9O3. The molecule has 1 aromatic carbocycles. The number of urea groups is 1. The molecule has 3 amide bonds. The van der Waals surface area contributed by atoms with Crippen LogP contribution in [0, 0.1) is 0 Å². The number of hydrogen-bond acceptors (Lipinski definition) is 8. The normalized spacial score (nSPS) is 12.2. The van der Waals surface area contributed by atoms with Gasteiger partial charge in [-0.1, -0.05) is 6.07 Å². The number of aromatic nitrogens is 5. The number of para-hydroxylation sites is 1. The highest BCUT2D eigenvalue weighted by molar-refractivity contribution is 5.99. The molecule has 0 spiro atoms. The molecule has 0 atom stereocenters. The maximum atomic E-state index is 12.5. The molecular weight excluding hydrogens is 390 g/mol. The predicted octanol–water partition coefficient (Wildman–Crippen LogP) is 1.14. The second-order valence-corrected chi connectivity index (χ2v) is 5.90. The highest BCUT2D eigenvalue weighted by Gasteiger charge is 2.19. The van der Waals surface area contributed by atoms with E-state index in [0.717, 1.165) is 0 Å². The number of methoxy groups -OCH3 is 1. The predicted molar refractivity (Wildman–Crippen MR) is 110 cm³/mol. The summed E-state index contributed by atoms with van der Waals surface area (Å²) in [5.74, 6) is -0.196. The molecule has 0 saturated heterocycles. The van der Waals surface area contributed by atoms with E-state index in [1.54, 1.807) is 25.2 Å². The Labute approximate surface area is 176 Å². The average molecular weight is 414 g/mol. The van der Waals surface area contributed by atoms with Crippen molar-refractivity contribution in [2.75, 3.05) is 31.8 Å². The summed E-state index contributed by atoms with van der Waals surface area (Å²) in [5.41, 5.74) is 0.742. The first-order chi connectivity index (χ1) is 15.6. The average Bonchev–Trinajstić information content (AvgIpc) is 3.18. The summed E-state index contributed by atoms with van der Waals surface area (Å²) in [6, 6.07) is 5.92. The summed E-state index contributed by atoms with van der Waals surface area (Å²) in [6.07, 6.45) is 1.54. The Hall–Kier alpha value is -4.22. The molecule has 3 aromatic rings. The molecule has 12 heteroatoms. The number of hydrogen-bond donors (Lipinski definition) is 4. The van der Waals surface area contributed by atoms with Gasteiger partial charge in [-0.3, -0.25) is 14.8 Å². The quantitative estimate of drug-likeness (QED) is 0.469. The Balaban J connectivity index is 2.06. The maximum absolute atomic E-state index is 12.5. The van der Waals surface area contributed by atoms with Gasteiger partial charge in [-0.05, 0) is 12.1 Å². The standard InChI is InChI=1S/C18H21N9O3/c1-19-17(28)14-12(8-13(24-25-14)23-18(29)20-2)22-11-7-5-6-10(15(11)30-4)16-21-9-27(3)26-16/h5-9H,1-4H3,(H,19,28)(H3,20,22,23,24,29)/i1D3. The third-order valence-corrected chi connectivity index (χ3v) is 3.92. The van der Waals surface area contributed by atoms with Crippen LogP contribution in [0.5, 0.6) is 5.75 Å². The van der Waals surface area contributed by atoms with Crippen LogP contribution in [0.2, 0.25) is 0 Å². The summed E-state index contributed by atoms with van der Waals surface area (Å²) in [7, 11) is 4.60. The molecule has 0 unspecified atom stereocenters. The number of nitrogens with zero attached hydrogens (tertiary/aromatic N) is 5. The minimum absolute atomic E-state index is 0.0174. The van der Waals surface area contributed by atoms with E-state index >= 15 is 0 Å². The van der Waals surface area contributed by atoms with E-state index in [1.165, 1.54) is 31.2 Å². The molecule has 0 saturated carbocycles. The molecule has 4 N–H and O–H groups in total. The monoisotopic (exact) mass is 414 g/mol. The van der Waals surface area contributed by atoms with Gasteiger partial charge in [0, 0.05) is 31.2 Å². The van der Waals surface area contributed by atoms with Crippen molar-refractivity contribution in [3.8, 4) is 17.1 Å². The zero-order valence-corrected chi connectivity index (χ0v) is 16.3. The first-order valence-electron chi connectivity index (χ1n) is 10.1. The Bertz CT molecular complexity index is 1180. The van der Waals surface area contributed by atoms with Gasteiger partial charge in [-0.25, -0.2) is 9.78 Å². The van der Waals surface area contributed by atoms with Crippen molar-refractivity contribution in [1.29, 1.82) is 0 Å². The van der Waals surface area contributed by atoms with E-state index in [1.807, 2.05) is 5.32 Å². The molecule has 0 aliphatic carbocycles. The van der Waals surface area contributed by atoms with Crippen LogP contribution >= 0.6 is 0 Å². The Morgan fingerprint density at radius 3 is 2.70 bits per heavy atom. The van der Waals surface area contributed by atoms with Gasteiger partial charge in [0.2, 0.25) is 0 Å². The van der Waals surface area contributed by atoms with E-state index in [0.29, 0.717) is 22.8 Å². The van der Waals surface area contributed by atoms with Gasteiger partial charge in [0.25, 0.3) is 5.91 Å². The summed E-state index contributed by atoms with van der Waals surface area (Å²) < 4.78 is 28.9. The van der Waals surface area contributed by atoms with Crippen molar-refractivity contribution >= 4 is 29.1 Å². The van der Waals surface area contributed by atoms with Crippen LogP contribution in [-0.4, -0.2) is 58.0 Å². The molecule has 0 aliphatic rings. The number of aryl methyl sites for hydroxylation is 1. The van der Waals surface area contributed by atoms with E-state index < -0.39 is 18.9 Å². The van der Waals surface area contributed by atoms with Gasteiger partial charge in [-0.2, -0.15) is 5.10 Å². The van der Waals surface area contributed by atoms with Gasteiger partial charge in [-0.15, -0.1) is 10.2 Å². The van der Waals surface area contributed by atoms with Crippen LogP contribution in [0.25, 0.3) is 11.4 Å². The summed E-state index contributed by atoms with van der Waals surface area (Å²) in [5, 5.41) is 21.5. The van der Waals surface area contributed by atoms with Gasteiger partial charge in [0.05, 0.1) is 24.0 Å². The van der Waals surface area contributed by atoms with Gasteiger partial charge < -0.3 is 20.7 Å². The SMILES string of the molecule is [2H]C([2H])([2H])NC(=O)c1nnc(NC(=O)NC)cc1Nc1cccc(-c2ncn(C)n2)c1OC. The summed E-state index contributed by atoms with van der Waals surface area (Å²) in [6.45, 7) is -2.74. The third kappa shape index (κ3) is 4.27. The zero-order valence-electron chi connectivity index (χ0n) is 19.3. The van der Waals surface area contributed by atoms with Crippen LogP contribution in [0.1, 0.15) is 14.6 Å². The second kappa shape index (κ2) is 8.86. The molecule has 3 rings (SSSR count). The first-order valence-corrected chi connectivity index (χ1v) is 8.60. The first kappa shape index (κ1) is 16.7. The van der Waals surface area contributed by atoms with Crippen LogP contribution in [0.3, 0.4) is 0 Å². The van der Waals surface area contributed by atoms with E-state index in [-0.39, 0.29) is 17.2 Å². The lowest BCUT2D eigenvalue weighted by Gasteiger charge is -2.16. The van der Waals surface area contributed by atoms with Gasteiger partial charge in [0.15, 0.2) is 23.1 Å². The van der Waals surface area contributed by atoms with Crippen molar-refractivity contribution < 1.29 is 18.4 Å². The lowest BCUT2D eigenvalue weighted by atomic mass is 10.1. The minimum Gasteiger partial charge on any atom is -0.494 e. The van der Waals surface area contributed by atoms with E-state index in [2.05, 4.69) is 36.2 Å². The fourth-order valence-corrected chi connectivity index (χ4v) is 2.59. The topological polar surface area (TPSA) is 148 Å². The fourth-order valence-electron chi connectivity index (χ4n) is 2.59. The molecule has 0 radical (unpaired) electrons. The lowest BCUT2D eigenvalue weighted by Crippen LogP contribution is -2.26. The summed E-state index contributed by atoms with van der Waals surface area (Å²) in [4.78, 5) is 28.4. The molecule has 2 aromatic heterocycles. The molecule has 12 nitrogen and oxygen atoms in total. The van der Waals surface area contributed by atoms with Crippen molar-refractivity contribution in [2.24, 2.45) is 7.05 Å². The molecule has 0 aliphatic heterocycles. The second-order valence-electron chi connectivity index (χ2n) is 5.90. The Kier molecular flexibility index (Phi) is 4.93. The Morgan fingerprint density at radius 1 is 1.20 bits per heavy atom. The number of ether oxygens (including phenoxy) is 1. The Morgan fingerprint density at radius 2 is 2.03 bits per heavy atom. The van der Waals surface area contributed by atoms with Crippen molar-refractivity contribution in [1.82, 2.24) is 35.6 Å². The minimum atomic E-state index is -2.74. The van der Waals surface area contributed by atoms with Crippen molar-refractivity contribution in [3.05, 3.63) is 36.3 Å². The number of carbonyl (C=O) groups excluding carboxylic acids is 2. The third-order valence-electron chi connectivity index (χ3n) is 3.92. The van der Waals surface area contributed by atoms with Gasteiger partial charge in [0.1, 0.15) is 6.33 Å². The fraction of sp³-hybridized carbons (Fsp3) is 0.222. The molecule has 30 heavy (non-hydrogen) atoms. The number of nitrogens with one attached hydrogen (secondary N) is 4. The highest BCUT2D eigenvalue weighted by Crippen LogP contribution is 2.37. The van der Waals surface area contributed by atoms with Crippen LogP contribution in [-0.2, 0) is 7.05 Å². The number of rotatable bonds is 6. The number of amides is 3. The van der Waals surface area contributed by atoms with Crippen molar-refractivity contribution in [3.63, 3.8) is 0 Å². The molecule has 156 valence electrons. The smallest absolute Gasteiger partial charge is 0.320 e. The van der Waals surface area contributed by atoms with Crippen molar-refractivity contribution in [2.45, 2.75) is 0 Å². The molecule has 0 bridgehead atoms. The van der Waals surface area contributed by atoms with Gasteiger partial charge >= 0.3 is 6.03 Å². The zero-order chi connectivity index (χ0) is 24.2. The number of benzene rings is 1. The molecule has 0 fully saturated rings. The van der Waals surface area contributed by atoms with Crippen LogP contribution in [0.4, 0.5) is 22.0 Å². The lowest BCUT2D eigenvalue weighted by molar-refractivity contribution is 0.0958. The number of anilines is 3. The van der Waals surface area contributed by atoms with Crippen LogP contribution in [0.15, 0.2) is 30.6 Å². The highest BCUT2D eigenvalue weighted by atomic mass is 16.5. The van der Waals surface area contributed by atoms with E-state index in [4.69, 9.17) is 8.85 Å². The maximum Gasteiger partial charge on any atom is 0.320 e. The number of carbonyl (C=O) groups is 2. The molecule has 2 heterocycles.